The van der Waals surface area contributed by atoms with Gasteiger partial charge >= 0.3 is 0 Å². The fraction of sp³-hybridized carbons (Fsp3) is 0.500. The van der Waals surface area contributed by atoms with E-state index in [1.807, 2.05) is 26.0 Å². The van der Waals surface area contributed by atoms with Crippen LogP contribution >= 0.6 is 24.0 Å². The molecule has 5 nitrogen and oxygen atoms in total. The average molecular weight is 418 g/mol. The fourth-order valence-electron chi connectivity index (χ4n) is 2.02. The fourth-order valence-corrected chi connectivity index (χ4v) is 2.02. The van der Waals surface area contributed by atoms with Crippen molar-refractivity contribution in [2.24, 2.45) is 10.7 Å². The first-order chi connectivity index (χ1) is 10.1. The molecule has 0 aliphatic rings. The Kier molecular flexibility index (Phi) is 10.6. The highest BCUT2D eigenvalue weighted by Gasteiger charge is 2.08. The maximum Gasteiger partial charge on any atom is 0.224 e. The van der Waals surface area contributed by atoms with Crippen molar-refractivity contribution in [2.75, 3.05) is 25.0 Å². The Labute approximate surface area is 150 Å². The minimum absolute atomic E-state index is 0. The third-order valence-corrected chi connectivity index (χ3v) is 3.36. The molecule has 1 amide bonds. The van der Waals surface area contributed by atoms with E-state index in [1.165, 1.54) is 5.56 Å². The molecule has 0 fully saturated rings. The van der Waals surface area contributed by atoms with Crippen LogP contribution in [-0.4, -0.2) is 36.4 Å². The second kappa shape index (κ2) is 11.3. The summed E-state index contributed by atoms with van der Waals surface area (Å²) in [7, 11) is 0. The van der Waals surface area contributed by atoms with E-state index < -0.39 is 0 Å². The predicted molar refractivity (Wildman–Crippen MR) is 104 cm³/mol. The van der Waals surface area contributed by atoms with E-state index in [0.29, 0.717) is 18.9 Å². The van der Waals surface area contributed by atoms with Gasteiger partial charge in [0, 0.05) is 25.2 Å². The zero-order valence-corrected chi connectivity index (χ0v) is 16.0. The van der Waals surface area contributed by atoms with Crippen molar-refractivity contribution in [2.45, 2.75) is 33.6 Å². The van der Waals surface area contributed by atoms with E-state index >= 15 is 0 Å². The van der Waals surface area contributed by atoms with Gasteiger partial charge in [-0.3, -0.25) is 9.79 Å². The monoisotopic (exact) mass is 418 g/mol. The Morgan fingerprint density at radius 3 is 2.27 bits per heavy atom. The predicted octanol–water partition coefficient (Wildman–Crippen LogP) is 2.85. The van der Waals surface area contributed by atoms with Gasteiger partial charge in [-0.2, -0.15) is 0 Å². The first kappa shape index (κ1) is 20.7. The van der Waals surface area contributed by atoms with Crippen LogP contribution in [0, 0.1) is 0 Å². The molecule has 0 radical (unpaired) electrons. The number of nitrogens with one attached hydrogen (secondary N) is 1. The van der Waals surface area contributed by atoms with E-state index in [0.717, 1.165) is 25.2 Å². The number of aliphatic imine (C=N–C) groups is 1. The number of carbonyl (C=O) groups excluding carboxylic acids is 1. The minimum atomic E-state index is 0. The quantitative estimate of drug-likeness (QED) is 0.407. The number of nitrogens with zero attached hydrogens (tertiary/aromatic N) is 2. The van der Waals surface area contributed by atoms with Crippen LogP contribution in [0.4, 0.5) is 5.69 Å². The maximum absolute atomic E-state index is 11.8. The number of benzene rings is 1. The number of anilines is 1. The van der Waals surface area contributed by atoms with Crippen LogP contribution in [0.25, 0.3) is 0 Å². The van der Waals surface area contributed by atoms with Gasteiger partial charge < -0.3 is 16.0 Å². The summed E-state index contributed by atoms with van der Waals surface area (Å²) in [5, 5.41) is 3.03. The van der Waals surface area contributed by atoms with Crippen molar-refractivity contribution in [3.8, 4) is 0 Å². The molecule has 1 rings (SSSR count). The normalized spacial score (nSPS) is 10.8. The number of rotatable bonds is 7. The molecule has 0 unspecified atom stereocenters. The molecule has 22 heavy (non-hydrogen) atoms. The van der Waals surface area contributed by atoms with Crippen LogP contribution in [0.3, 0.4) is 0 Å². The molecule has 0 aromatic heterocycles. The second-order valence-corrected chi connectivity index (χ2v) is 4.76. The first-order valence-corrected chi connectivity index (χ1v) is 7.54. The number of guanidine groups is 1. The number of hydrogen-bond donors (Lipinski definition) is 2. The lowest BCUT2D eigenvalue weighted by Crippen LogP contribution is -2.31. The first-order valence-electron chi connectivity index (χ1n) is 7.54. The minimum Gasteiger partial charge on any atom is -0.370 e. The molecule has 0 aliphatic heterocycles. The summed E-state index contributed by atoms with van der Waals surface area (Å²) in [5.74, 6) is 0.454. The molecule has 0 bridgehead atoms. The Bertz CT molecular complexity index is 470. The summed E-state index contributed by atoms with van der Waals surface area (Å²) in [5.41, 5.74) is 8.00. The zero-order chi connectivity index (χ0) is 15.7. The number of aryl methyl sites for hydroxylation is 1. The van der Waals surface area contributed by atoms with Gasteiger partial charge in [0.2, 0.25) is 5.91 Å². The smallest absolute Gasteiger partial charge is 0.224 e. The summed E-state index contributed by atoms with van der Waals surface area (Å²) in [6.07, 6.45) is 1.40. The molecular weight excluding hydrogens is 391 g/mol. The van der Waals surface area contributed by atoms with E-state index in [2.05, 4.69) is 29.4 Å². The van der Waals surface area contributed by atoms with Gasteiger partial charge in [-0.25, -0.2) is 0 Å². The molecule has 3 N–H and O–H groups in total. The molecule has 0 saturated carbocycles. The van der Waals surface area contributed by atoms with Crippen LogP contribution in [-0.2, 0) is 11.2 Å². The van der Waals surface area contributed by atoms with Gasteiger partial charge in [0.1, 0.15) is 0 Å². The highest BCUT2D eigenvalue weighted by Crippen LogP contribution is 2.09. The van der Waals surface area contributed by atoms with Gasteiger partial charge in [0.15, 0.2) is 5.96 Å². The highest BCUT2D eigenvalue weighted by molar-refractivity contribution is 14.0. The summed E-state index contributed by atoms with van der Waals surface area (Å²) in [6.45, 7) is 7.93. The summed E-state index contributed by atoms with van der Waals surface area (Å²) >= 11 is 0. The van der Waals surface area contributed by atoms with Crippen LogP contribution in [0.2, 0.25) is 0 Å². The van der Waals surface area contributed by atoms with Crippen molar-refractivity contribution < 1.29 is 4.79 Å². The lowest BCUT2D eigenvalue weighted by molar-refractivity contribution is -0.130. The number of nitrogens with two attached hydrogens (primary N) is 1. The van der Waals surface area contributed by atoms with Crippen molar-refractivity contribution in [3.05, 3.63) is 29.8 Å². The van der Waals surface area contributed by atoms with Gasteiger partial charge in [0.05, 0.1) is 6.54 Å². The maximum atomic E-state index is 11.8. The molecule has 1 aromatic carbocycles. The van der Waals surface area contributed by atoms with Crippen molar-refractivity contribution in [1.29, 1.82) is 0 Å². The highest BCUT2D eigenvalue weighted by atomic mass is 127. The van der Waals surface area contributed by atoms with Gasteiger partial charge in [-0.1, -0.05) is 19.1 Å². The Hall–Kier alpha value is -1.31. The Morgan fingerprint density at radius 2 is 1.77 bits per heavy atom. The van der Waals surface area contributed by atoms with Crippen molar-refractivity contribution in [1.82, 2.24) is 4.90 Å². The van der Waals surface area contributed by atoms with Crippen LogP contribution in [0.5, 0.6) is 0 Å². The van der Waals surface area contributed by atoms with Crippen molar-refractivity contribution in [3.63, 3.8) is 0 Å². The van der Waals surface area contributed by atoms with Crippen LogP contribution in [0.15, 0.2) is 29.3 Å². The molecule has 0 spiro atoms. The number of carbonyl (C=O) groups is 1. The molecule has 0 aliphatic carbocycles. The summed E-state index contributed by atoms with van der Waals surface area (Å²) in [4.78, 5) is 17.8. The standard InChI is InChI=1S/C16H26N4O.HI/c1-4-13-7-9-14(10-8-13)19-16(17)18-12-11-15(21)20(5-2)6-3;/h7-10H,4-6,11-12H2,1-3H3,(H3,17,18,19);1H. The molecule has 0 heterocycles. The van der Waals surface area contributed by atoms with E-state index in [-0.39, 0.29) is 29.9 Å². The van der Waals surface area contributed by atoms with Gasteiger partial charge in [0.25, 0.3) is 0 Å². The van der Waals surface area contributed by atoms with E-state index in [1.54, 1.807) is 4.90 Å². The lowest BCUT2D eigenvalue weighted by atomic mass is 10.1. The number of halogens is 1. The van der Waals surface area contributed by atoms with Crippen molar-refractivity contribution >= 4 is 41.5 Å². The lowest BCUT2D eigenvalue weighted by Gasteiger charge is -2.17. The molecule has 124 valence electrons. The number of hydrogen-bond acceptors (Lipinski definition) is 2. The summed E-state index contributed by atoms with van der Waals surface area (Å²) in [6, 6.07) is 8.06. The Morgan fingerprint density at radius 1 is 1.18 bits per heavy atom. The SMILES string of the molecule is CCc1ccc(NC(N)=NCCC(=O)N(CC)CC)cc1.I. The molecule has 0 saturated heterocycles. The molecule has 0 atom stereocenters. The zero-order valence-electron chi connectivity index (χ0n) is 13.6. The van der Waals surface area contributed by atoms with Crippen LogP contribution in [0.1, 0.15) is 32.8 Å². The molecule has 1 aromatic rings. The average Bonchev–Trinajstić information content (AvgIpc) is 2.49. The topological polar surface area (TPSA) is 70.7 Å². The molecule has 6 heteroatoms. The number of amides is 1. The third kappa shape index (κ3) is 7.11. The summed E-state index contributed by atoms with van der Waals surface area (Å²) < 4.78 is 0. The Balaban J connectivity index is 0.00000441. The van der Waals surface area contributed by atoms with Crippen LogP contribution < -0.4 is 11.1 Å². The van der Waals surface area contributed by atoms with Gasteiger partial charge in [-0.15, -0.1) is 24.0 Å². The van der Waals surface area contributed by atoms with Gasteiger partial charge in [-0.05, 0) is 38.0 Å². The third-order valence-electron chi connectivity index (χ3n) is 3.36. The van der Waals surface area contributed by atoms with E-state index in [9.17, 15) is 4.79 Å². The molecular formula is C16H27IN4O. The van der Waals surface area contributed by atoms with E-state index in [4.69, 9.17) is 5.73 Å². The second-order valence-electron chi connectivity index (χ2n) is 4.76. The largest absolute Gasteiger partial charge is 0.370 e.